The van der Waals surface area contributed by atoms with Gasteiger partial charge >= 0.3 is 0 Å². The minimum atomic E-state index is -3.17. The van der Waals surface area contributed by atoms with Crippen molar-refractivity contribution in [1.29, 1.82) is 0 Å². The Bertz CT molecular complexity index is 567. The molecule has 2 rings (SSSR count). The number of anilines is 1. The van der Waals surface area contributed by atoms with Crippen molar-refractivity contribution in [3.05, 3.63) is 23.3 Å². The molecule has 0 spiro atoms. The Labute approximate surface area is 109 Å². The first-order valence-electron chi connectivity index (χ1n) is 6.08. The molecule has 1 heterocycles. The van der Waals surface area contributed by atoms with E-state index >= 15 is 0 Å². The van der Waals surface area contributed by atoms with Crippen LogP contribution in [-0.4, -0.2) is 40.9 Å². The van der Waals surface area contributed by atoms with Crippen molar-refractivity contribution in [3.8, 4) is 0 Å². The largest absolute Gasteiger partial charge is 0.368 e. The highest BCUT2D eigenvalue weighted by Crippen LogP contribution is 2.34. The van der Waals surface area contributed by atoms with Gasteiger partial charge in [0.25, 0.3) is 0 Å². The maximum atomic E-state index is 12.3. The number of nitrogens with zero attached hydrogens (tertiary/aromatic N) is 1. The monoisotopic (exact) mass is 268 g/mol. The second-order valence-electron chi connectivity index (χ2n) is 5.01. The van der Waals surface area contributed by atoms with Crippen LogP contribution in [0, 0.1) is 13.8 Å². The van der Waals surface area contributed by atoms with Gasteiger partial charge in [-0.3, -0.25) is 0 Å². The van der Waals surface area contributed by atoms with E-state index in [1.54, 1.807) is 6.07 Å². The quantitative estimate of drug-likeness (QED) is 0.873. The van der Waals surface area contributed by atoms with Crippen molar-refractivity contribution >= 4 is 15.5 Å². The van der Waals surface area contributed by atoms with E-state index in [2.05, 4.69) is 10.2 Å². The zero-order chi connectivity index (χ0) is 13.5. The molecule has 0 radical (unpaired) electrons. The van der Waals surface area contributed by atoms with E-state index in [9.17, 15) is 8.42 Å². The normalized spacial score (nSPS) is 21.8. The fourth-order valence-electron chi connectivity index (χ4n) is 2.38. The summed E-state index contributed by atoms with van der Waals surface area (Å²) >= 11 is 0. The summed E-state index contributed by atoms with van der Waals surface area (Å²) in [5, 5.41) is 3.06. The summed E-state index contributed by atoms with van der Waals surface area (Å²) in [6.45, 7) is 4.63. The Kier molecular flexibility index (Phi) is 3.38. The molecule has 4 nitrogen and oxygen atoms in total. The van der Waals surface area contributed by atoms with Gasteiger partial charge in [-0.25, -0.2) is 8.42 Å². The van der Waals surface area contributed by atoms with E-state index in [0.29, 0.717) is 11.4 Å². The van der Waals surface area contributed by atoms with E-state index in [1.165, 1.54) is 0 Å². The van der Waals surface area contributed by atoms with Crippen molar-refractivity contribution in [2.75, 3.05) is 31.3 Å². The van der Waals surface area contributed by atoms with E-state index in [0.717, 1.165) is 16.8 Å². The highest BCUT2D eigenvalue weighted by molar-refractivity contribution is 7.91. The molecular weight excluding hydrogens is 248 g/mol. The minimum absolute atomic E-state index is 0.00499. The van der Waals surface area contributed by atoms with Gasteiger partial charge < -0.3 is 10.2 Å². The van der Waals surface area contributed by atoms with Crippen LogP contribution >= 0.6 is 0 Å². The van der Waals surface area contributed by atoms with Crippen molar-refractivity contribution in [3.63, 3.8) is 0 Å². The molecule has 1 aromatic carbocycles. The Morgan fingerprint density at radius 1 is 1.33 bits per heavy atom. The molecule has 1 atom stereocenters. The van der Waals surface area contributed by atoms with Crippen LogP contribution in [0.15, 0.2) is 17.0 Å². The second kappa shape index (κ2) is 4.55. The summed E-state index contributed by atoms with van der Waals surface area (Å²) in [6.07, 6.45) is 0. The summed E-state index contributed by atoms with van der Waals surface area (Å²) < 4.78 is 24.6. The van der Waals surface area contributed by atoms with Crippen LogP contribution in [-0.2, 0) is 9.84 Å². The lowest BCUT2D eigenvalue weighted by molar-refractivity contribution is 0.560. The smallest absolute Gasteiger partial charge is 0.182 e. The number of aryl methyl sites for hydroxylation is 2. The van der Waals surface area contributed by atoms with Crippen LogP contribution in [0.3, 0.4) is 0 Å². The molecule has 100 valence electrons. The fraction of sp³-hybridized carbons (Fsp3) is 0.538. The van der Waals surface area contributed by atoms with E-state index in [-0.39, 0.29) is 11.8 Å². The molecule has 1 aliphatic rings. The van der Waals surface area contributed by atoms with Gasteiger partial charge in [-0.1, -0.05) is 0 Å². The van der Waals surface area contributed by atoms with Gasteiger partial charge in [-0.15, -0.1) is 0 Å². The topological polar surface area (TPSA) is 49.4 Å². The van der Waals surface area contributed by atoms with Crippen molar-refractivity contribution in [2.45, 2.75) is 24.8 Å². The number of hydrogen-bond donors (Lipinski definition) is 1. The molecule has 0 bridgehead atoms. The third kappa shape index (κ3) is 2.12. The first-order chi connectivity index (χ1) is 8.36. The maximum absolute atomic E-state index is 12.3. The summed E-state index contributed by atoms with van der Waals surface area (Å²) in [6, 6.07) is 3.77. The van der Waals surface area contributed by atoms with E-state index in [4.69, 9.17) is 0 Å². The zero-order valence-corrected chi connectivity index (χ0v) is 12.1. The number of hydrogen-bond acceptors (Lipinski definition) is 4. The average Bonchev–Trinajstić information content (AvgIpc) is 2.28. The van der Waals surface area contributed by atoms with Gasteiger partial charge in [0.15, 0.2) is 9.84 Å². The summed E-state index contributed by atoms with van der Waals surface area (Å²) in [5.74, 6) is 0.180. The molecule has 1 N–H and O–H groups in total. The lowest BCUT2D eigenvalue weighted by Crippen LogP contribution is -2.47. The first-order valence-corrected chi connectivity index (χ1v) is 7.73. The maximum Gasteiger partial charge on any atom is 0.182 e. The van der Waals surface area contributed by atoms with E-state index in [1.807, 2.05) is 34.0 Å². The Morgan fingerprint density at radius 2 is 1.94 bits per heavy atom. The van der Waals surface area contributed by atoms with Gasteiger partial charge in [0.2, 0.25) is 0 Å². The molecule has 5 heteroatoms. The van der Waals surface area contributed by atoms with Crippen molar-refractivity contribution in [2.24, 2.45) is 0 Å². The van der Waals surface area contributed by atoms with Crippen LogP contribution in [0.2, 0.25) is 0 Å². The molecule has 0 saturated heterocycles. The van der Waals surface area contributed by atoms with Crippen LogP contribution in [0.5, 0.6) is 0 Å². The van der Waals surface area contributed by atoms with Crippen LogP contribution in [0.1, 0.15) is 11.1 Å². The van der Waals surface area contributed by atoms with Gasteiger partial charge in [0.1, 0.15) is 0 Å². The molecule has 18 heavy (non-hydrogen) atoms. The highest BCUT2D eigenvalue weighted by Gasteiger charge is 2.33. The average molecular weight is 268 g/mol. The first kappa shape index (κ1) is 13.4. The molecule has 0 saturated carbocycles. The lowest BCUT2D eigenvalue weighted by atomic mass is 10.1. The Balaban J connectivity index is 2.59. The molecule has 0 amide bonds. The third-order valence-corrected chi connectivity index (χ3v) is 5.51. The molecule has 0 fully saturated rings. The predicted octanol–water partition coefficient (Wildman–Crippen LogP) is 1.11. The van der Waals surface area contributed by atoms with Gasteiger partial charge in [-0.2, -0.15) is 0 Å². The fourth-order valence-corrected chi connectivity index (χ4v) is 4.29. The standard InChI is InChI=1S/C13H20N2O2S/c1-9-5-12-13(6-10(9)2)18(16,17)8-11(7-14-3)15(12)4/h5-6,11,14H,7-8H2,1-4H3. The van der Waals surface area contributed by atoms with E-state index < -0.39 is 9.84 Å². The number of sulfone groups is 1. The summed E-state index contributed by atoms with van der Waals surface area (Å²) in [5.41, 5.74) is 2.98. The molecule has 0 aromatic heterocycles. The summed E-state index contributed by atoms with van der Waals surface area (Å²) in [7, 11) is 0.639. The summed E-state index contributed by atoms with van der Waals surface area (Å²) in [4.78, 5) is 2.54. The van der Waals surface area contributed by atoms with Gasteiger partial charge in [0.05, 0.1) is 22.4 Å². The van der Waals surface area contributed by atoms with Crippen LogP contribution < -0.4 is 10.2 Å². The Morgan fingerprint density at radius 3 is 2.56 bits per heavy atom. The number of fused-ring (bicyclic) bond motifs is 1. The molecule has 0 aliphatic carbocycles. The zero-order valence-electron chi connectivity index (χ0n) is 11.3. The lowest BCUT2D eigenvalue weighted by Gasteiger charge is -2.36. The van der Waals surface area contributed by atoms with Crippen molar-refractivity contribution in [1.82, 2.24) is 5.32 Å². The predicted molar refractivity (Wildman–Crippen MR) is 74.1 cm³/mol. The molecule has 1 unspecified atom stereocenters. The van der Waals surface area contributed by atoms with Crippen LogP contribution in [0.25, 0.3) is 0 Å². The Hall–Kier alpha value is -1.07. The van der Waals surface area contributed by atoms with Crippen molar-refractivity contribution < 1.29 is 8.42 Å². The van der Waals surface area contributed by atoms with Crippen LogP contribution in [0.4, 0.5) is 5.69 Å². The SMILES string of the molecule is CNCC1CS(=O)(=O)c2cc(C)c(C)cc2N1C. The van der Waals surface area contributed by atoms with Gasteiger partial charge in [-0.05, 0) is 44.2 Å². The molecular formula is C13H20N2O2S. The number of nitrogens with one attached hydrogen (secondary N) is 1. The van der Waals surface area contributed by atoms with Gasteiger partial charge in [0, 0.05) is 13.6 Å². The minimum Gasteiger partial charge on any atom is -0.368 e. The number of benzene rings is 1. The number of likely N-dealkylation sites (N-methyl/N-ethyl adjacent to an activating group) is 2. The molecule has 1 aliphatic heterocycles. The second-order valence-corrected chi connectivity index (χ2v) is 7.01. The third-order valence-electron chi connectivity index (χ3n) is 3.69. The number of rotatable bonds is 2. The molecule has 1 aromatic rings. The highest BCUT2D eigenvalue weighted by atomic mass is 32.2.